The highest BCUT2D eigenvalue weighted by Crippen LogP contribution is 2.37. The Morgan fingerprint density at radius 1 is 1.12 bits per heavy atom. The van der Waals surface area contributed by atoms with Crippen molar-refractivity contribution in [3.05, 3.63) is 81.0 Å². The molecule has 2 aromatic carbocycles. The minimum Gasteiger partial charge on any atom is -0.450 e. The molecule has 4 nitrogen and oxygen atoms in total. The normalized spacial score (nSPS) is 16.7. The van der Waals surface area contributed by atoms with Crippen LogP contribution in [0.5, 0.6) is 0 Å². The minimum absolute atomic E-state index is 0.00731. The van der Waals surface area contributed by atoms with Crippen molar-refractivity contribution in [2.45, 2.75) is 13.0 Å². The fourth-order valence-corrected chi connectivity index (χ4v) is 3.26. The minimum atomic E-state index is -0.783. The standard InChI is InChI=1S/C19H14FNO3/c1-10-7-8-14-12(9-10)17(22)15-16(11-5-3-4-6-13(11)20)21(2)19(23)18(15)24-14/h3-9,16H,1-2H3/t16-/m1/s1. The molecule has 0 fully saturated rings. The van der Waals surface area contributed by atoms with E-state index in [1.54, 1.807) is 37.4 Å². The molecule has 0 aliphatic carbocycles. The third-order valence-corrected chi connectivity index (χ3v) is 4.46. The van der Waals surface area contributed by atoms with Gasteiger partial charge in [-0.2, -0.15) is 0 Å². The number of carbonyl (C=O) groups is 1. The SMILES string of the molecule is Cc1ccc2oc3c(c(=O)c2c1)[C@@H](c1ccccc1F)N(C)C3=O. The zero-order chi connectivity index (χ0) is 17.0. The molecule has 1 aliphatic rings. The van der Waals surface area contributed by atoms with Gasteiger partial charge in [0.1, 0.15) is 11.4 Å². The molecule has 0 unspecified atom stereocenters. The van der Waals surface area contributed by atoms with Gasteiger partial charge in [0.05, 0.1) is 17.0 Å². The van der Waals surface area contributed by atoms with Crippen LogP contribution in [0.15, 0.2) is 51.7 Å². The molecule has 3 aromatic rings. The maximum absolute atomic E-state index is 14.3. The molecule has 5 heteroatoms. The molecular weight excluding hydrogens is 309 g/mol. The van der Waals surface area contributed by atoms with Crippen LogP contribution < -0.4 is 5.43 Å². The monoisotopic (exact) mass is 323 g/mol. The first-order chi connectivity index (χ1) is 11.5. The van der Waals surface area contributed by atoms with E-state index in [9.17, 15) is 14.0 Å². The predicted molar refractivity (Wildman–Crippen MR) is 87.6 cm³/mol. The number of carbonyl (C=O) groups excluding carboxylic acids is 1. The van der Waals surface area contributed by atoms with Crippen molar-refractivity contribution >= 4 is 16.9 Å². The second-order valence-corrected chi connectivity index (χ2v) is 6.01. The lowest BCUT2D eigenvalue weighted by molar-refractivity contribution is 0.0770. The van der Waals surface area contributed by atoms with E-state index in [0.717, 1.165) is 5.56 Å². The second kappa shape index (κ2) is 5.03. The molecule has 0 N–H and O–H groups in total. The quantitative estimate of drug-likeness (QED) is 0.689. The van der Waals surface area contributed by atoms with E-state index in [-0.39, 0.29) is 22.3 Å². The summed E-state index contributed by atoms with van der Waals surface area (Å²) in [4.78, 5) is 26.9. The van der Waals surface area contributed by atoms with Crippen LogP contribution in [0.3, 0.4) is 0 Å². The molecule has 0 spiro atoms. The number of hydrogen-bond donors (Lipinski definition) is 0. The van der Waals surface area contributed by atoms with Gasteiger partial charge in [0, 0.05) is 12.6 Å². The van der Waals surface area contributed by atoms with Crippen LogP contribution in [0.4, 0.5) is 4.39 Å². The molecule has 0 bridgehead atoms. The van der Waals surface area contributed by atoms with Crippen molar-refractivity contribution in [2.24, 2.45) is 0 Å². The Morgan fingerprint density at radius 2 is 1.88 bits per heavy atom. The van der Waals surface area contributed by atoms with Crippen LogP contribution in [0.2, 0.25) is 0 Å². The number of halogens is 1. The number of hydrogen-bond acceptors (Lipinski definition) is 3. The average molecular weight is 323 g/mol. The maximum Gasteiger partial charge on any atom is 0.290 e. The molecule has 0 radical (unpaired) electrons. The highest BCUT2D eigenvalue weighted by atomic mass is 19.1. The summed E-state index contributed by atoms with van der Waals surface area (Å²) in [5, 5.41) is 0.401. The van der Waals surface area contributed by atoms with Crippen molar-refractivity contribution in [1.82, 2.24) is 4.90 Å². The molecule has 0 saturated carbocycles. The average Bonchev–Trinajstić information content (AvgIpc) is 2.81. The highest BCUT2D eigenvalue weighted by molar-refractivity contribution is 5.98. The van der Waals surface area contributed by atoms with Gasteiger partial charge in [0.15, 0.2) is 5.43 Å². The fourth-order valence-electron chi connectivity index (χ4n) is 3.26. The molecule has 1 atom stereocenters. The van der Waals surface area contributed by atoms with Gasteiger partial charge >= 0.3 is 0 Å². The van der Waals surface area contributed by atoms with E-state index in [0.29, 0.717) is 11.0 Å². The van der Waals surface area contributed by atoms with Crippen LogP contribution >= 0.6 is 0 Å². The van der Waals surface area contributed by atoms with Gasteiger partial charge < -0.3 is 9.32 Å². The molecular formula is C19H14FNO3. The first kappa shape index (κ1) is 14.6. The Morgan fingerprint density at radius 3 is 2.62 bits per heavy atom. The van der Waals surface area contributed by atoms with Crippen molar-refractivity contribution in [3.8, 4) is 0 Å². The zero-order valence-electron chi connectivity index (χ0n) is 13.2. The first-order valence-corrected chi connectivity index (χ1v) is 7.58. The number of benzene rings is 2. The van der Waals surface area contributed by atoms with Gasteiger partial charge in [-0.25, -0.2) is 4.39 Å². The second-order valence-electron chi connectivity index (χ2n) is 6.01. The summed E-state index contributed by atoms with van der Waals surface area (Å²) in [7, 11) is 1.55. The van der Waals surface area contributed by atoms with Crippen molar-refractivity contribution in [1.29, 1.82) is 0 Å². The fraction of sp³-hybridized carbons (Fsp3) is 0.158. The summed E-state index contributed by atoms with van der Waals surface area (Å²) in [6, 6.07) is 10.6. The van der Waals surface area contributed by atoms with Crippen LogP contribution in [-0.4, -0.2) is 17.9 Å². The van der Waals surface area contributed by atoms with Gasteiger partial charge in [-0.1, -0.05) is 29.8 Å². The third-order valence-electron chi connectivity index (χ3n) is 4.46. The van der Waals surface area contributed by atoms with Crippen LogP contribution in [0.1, 0.15) is 33.3 Å². The van der Waals surface area contributed by atoms with Crippen LogP contribution in [0.25, 0.3) is 11.0 Å². The lowest BCUT2D eigenvalue weighted by atomic mass is 9.98. The van der Waals surface area contributed by atoms with Crippen molar-refractivity contribution in [2.75, 3.05) is 7.05 Å². The largest absolute Gasteiger partial charge is 0.450 e. The smallest absolute Gasteiger partial charge is 0.290 e. The summed E-state index contributed by atoms with van der Waals surface area (Å²) in [6.07, 6.45) is 0. The van der Waals surface area contributed by atoms with Gasteiger partial charge in [0.2, 0.25) is 5.76 Å². The maximum atomic E-state index is 14.3. The van der Waals surface area contributed by atoms with E-state index in [1.165, 1.54) is 11.0 Å². The summed E-state index contributed by atoms with van der Waals surface area (Å²) < 4.78 is 20.0. The van der Waals surface area contributed by atoms with Crippen molar-refractivity contribution < 1.29 is 13.6 Å². The summed E-state index contributed by atoms with van der Waals surface area (Å²) in [5.41, 5.74) is 1.47. The Hall–Kier alpha value is -2.95. The summed E-state index contributed by atoms with van der Waals surface area (Å²) in [6.45, 7) is 1.87. The molecule has 120 valence electrons. The number of rotatable bonds is 1. The van der Waals surface area contributed by atoms with Gasteiger partial charge in [0.25, 0.3) is 5.91 Å². The van der Waals surface area contributed by atoms with Crippen LogP contribution in [0, 0.1) is 12.7 Å². The zero-order valence-corrected chi connectivity index (χ0v) is 13.2. The number of fused-ring (bicyclic) bond motifs is 2. The molecule has 1 aliphatic heterocycles. The van der Waals surface area contributed by atoms with E-state index in [1.807, 2.05) is 13.0 Å². The molecule has 1 amide bonds. The molecule has 24 heavy (non-hydrogen) atoms. The Bertz CT molecular complexity index is 1050. The molecule has 2 heterocycles. The van der Waals surface area contributed by atoms with Gasteiger partial charge in [-0.05, 0) is 25.1 Å². The highest BCUT2D eigenvalue weighted by Gasteiger charge is 2.41. The van der Waals surface area contributed by atoms with Gasteiger partial charge in [-0.3, -0.25) is 9.59 Å². The van der Waals surface area contributed by atoms with E-state index in [4.69, 9.17) is 4.42 Å². The van der Waals surface area contributed by atoms with E-state index < -0.39 is 17.8 Å². The lowest BCUT2D eigenvalue weighted by Crippen LogP contribution is -2.25. The first-order valence-electron chi connectivity index (χ1n) is 7.58. The Labute approximate surface area is 137 Å². The number of aryl methyl sites for hydroxylation is 1. The van der Waals surface area contributed by atoms with Gasteiger partial charge in [-0.15, -0.1) is 0 Å². The van der Waals surface area contributed by atoms with E-state index in [2.05, 4.69) is 0 Å². The lowest BCUT2D eigenvalue weighted by Gasteiger charge is -2.20. The topological polar surface area (TPSA) is 50.5 Å². The van der Waals surface area contributed by atoms with Crippen LogP contribution in [-0.2, 0) is 0 Å². The third kappa shape index (κ3) is 1.91. The Kier molecular flexibility index (Phi) is 3.06. The molecule has 0 saturated heterocycles. The summed E-state index contributed by atoms with van der Waals surface area (Å²) >= 11 is 0. The van der Waals surface area contributed by atoms with Crippen molar-refractivity contribution in [3.63, 3.8) is 0 Å². The Balaban J connectivity index is 2.08. The summed E-state index contributed by atoms with van der Waals surface area (Å²) in [5.74, 6) is -0.885. The molecule has 4 rings (SSSR count). The number of amides is 1. The predicted octanol–water partition coefficient (Wildman–Crippen LogP) is 3.42. The number of nitrogens with zero attached hydrogens (tertiary/aromatic N) is 1. The van der Waals surface area contributed by atoms with E-state index >= 15 is 0 Å². The molecule has 1 aromatic heterocycles.